The number of benzene rings is 1. The summed E-state index contributed by atoms with van der Waals surface area (Å²) < 4.78 is 1.82. The first kappa shape index (κ1) is 14.4. The lowest BCUT2D eigenvalue weighted by molar-refractivity contribution is -0.117. The van der Waals surface area contributed by atoms with Crippen molar-refractivity contribution < 1.29 is 4.79 Å². The fraction of sp³-hybridized carbons (Fsp3) is 0.267. The molecule has 0 unspecified atom stereocenters. The van der Waals surface area contributed by atoms with Crippen LogP contribution in [0.25, 0.3) is 11.3 Å². The monoisotopic (exact) mass is 287 g/mol. The van der Waals surface area contributed by atoms with Gasteiger partial charge in [0.15, 0.2) is 0 Å². The molecule has 104 valence electrons. The minimum Gasteiger partial charge on any atom is -0.273 e. The predicted molar refractivity (Wildman–Crippen MR) is 82.5 cm³/mol. The highest BCUT2D eigenvalue weighted by molar-refractivity contribution is 7.71. The number of aromatic nitrogens is 2. The molecule has 0 atom stereocenters. The molecule has 0 aliphatic carbocycles. The van der Waals surface area contributed by atoms with E-state index in [4.69, 9.17) is 12.2 Å². The Morgan fingerprint density at radius 2 is 2.00 bits per heavy atom. The van der Waals surface area contributed by atoms with Gasteiger partial charge in [-0.25, -0.2) is 9.66 Å². The van der Waals surface area contributed by atoms with Crippen LogP contribution in [0.2, 0.25) is 0 Å². The standard InChI is InChI=1S/C15H17N3OS/c1-3-4-14(19)17-18-10-9-13(16-15(18)20)12-7-5-11(2)6-8-12/h5-10H,3-4H2,1-2H3,(H,17,19). The molecule has 4 nitrogen and oxygen atoms in total. The van der Waals surface area contributed by atoms with Gasteiger partial charge in [0.05, 0.1) is 5.69 Å². The lowest BCUT2D eigenvalue weighted by Crippen LogP contribution is -2.23. The van der Waals surface area contributed by atoms with E-state index in [0.29, 0.717) is 11.2 Å². The van der Waals surface area contributed by atoms with Crippen LogP contribution < -0.4 is 5.43 Å². The average Bonchev–Trinajstić information content (AvgIpc) is 2.42. The molecule has 20 heavy (non-hydrogen) atoms. The number of carbonyl (C=O) groups is 1. The number of aryl methyl sites for hydroxylation is 1. The second-order valence-electron chi connectivity index (χ2n) is 4.62. The van der Waals surface area contributed by atoms with E-state index in [0.717, 1.165) is 17.7 Å². The summed E-state index contributed by atoms with van der Waals surface area (Å²) in [7, 11) is 0. The van der Waals surface area contributed by atoms with Gasteiger partial charge in [-0.15, -0.1) is 0 Å². The lowest BCUT2D eigenvalue weighted by Gasteiger charge is -2.09. The Kier molecular flexibility index (Phi) is 4.63. The SMILES string of the molecule is CCCC(=O)Nn1ccc(-c2ccc(C)cc2)nc1=S. The van der Waals surface area contributed by atoms with Gasteiger partial charge in [-0.1, -0.05) is 36.8 Å². The highest BCUT2D eigenvalue weighted by Crippen LogP contribution is 2.16. The molecule has 0 radical (unpaired) electrons. The first-order valence-electron chi connectivity index (χ1n) is 6.56. The Labute approximate surface area is 123 Å². The molecule has 1 amide bonds. The molecule has 1 heterocycles. The summed E-state index contributed by atoms with van der Waals surface area (Å²) in [6.45, 7) is 4.00. The molecule has 0 saturated heterocycles. The molecule has 0 saturated carbocycles. The van der Waals surface area contributed by atoms with E-state index in [1.54, 1.807) is 6.20 Å². The van der Waals surface area contributed by atoms with Crippen LogP contribution in [0.15, 0.2) is 36.5 Å². The topological polar surface area (TPSA) is 46.9 Å². The van der Waals surface area contributed by atoms with E-state index in [2.05, 4.69) is 10.4 Å². The van der Waals surface area contributed by atoms with Crippen LogP contribution in [-0.2, 0) is 4.79 Å². The van der Waals surface area contributed by atoms with Gasteiger partial charge < -0.3 is 0 Å². The normalized spacial score (nSPS) is 10.3. The third-order valence-corrected chi connectivity index (χ3v) is 3.16. The van der Waals surface area contributed by atoms with Crippen molar-refractivity contribution in [1.29, 1.82) is 0 Å². The third kappa shape index (κ3) is 3.51. The minimum atomic E-state index is -0.0616. The van der Waals surface area contributed by atoms with Gasteiger partial charge in [0.25, 0.3) is 0 Å². The van der Waals surface area contributed by atoms with Crippen LogP contribution in [-0.4, -0.2) is 15.6 Å². The van der Waals surface area contributed by atoms with Gasteiger partial charge in [-0.3, -0.25) is 10.2 Å². The van der Waals surface area contributed by atoms with E-state index in [1.165, 1.54) is 10.2 Å². The number of rotatable bonds is 4. The molecule has 0 spiro atoms. The molecule has 0 aliphatic heterocycles. The lowest BCUT2D eigenvalue weighted by atomic mass is 10.1. The van der Waals surface area contributed by atoms with Crippen molar-refractivity contribution in [1.82, 2.24) is 9.66 Å². The van der Waals surface area contributed by atoms with Crippen LogP contribution >= 0.6 is 12.2 Å². The first-order valence-corrected chi connectivity index (χ1v) is 6.97. The third-order valence-electron chi connectivity index (χ3n) is 2.87. The van der Waals surface area contributed by atoms with Gasteiger partial charge >= 0.3 is 0 Å². The maximum absolute atomic E-state index is 11.6. The van der Waals surface area contributed by atoms with Gasteiger partial charge in [0.1, 0.15) is 0 Å². The zero-order chi connectivity index (χ0) is 14.5. The summed E-state index contributed by atoms with van der Waals surface area (Å²) >= 11 is 5.20. The first-order chi connectivity index (χ1) is 9.60. The fourth-order valence-electron chi connectivity index (χ4n) is 1.79. The molecule has 1 aromatic carbocycles. The second-order valence-corrected chi connectivity index (χ2v) is 4.98. The van der Waals surface area contributed by atoms with Gasteiger partial charge in [-0.05, 0) is 31.6 Å². The zero-order valence-corrected chi connectivity index (χ0v) is 12.4. The molecule has 0 bridgehead atoms. The number of carbonyl (C=O) groups excluding carboxylic acids is 1. The molecular weight excluding hydrogens is 270 g/mol. The maximum atomic E-state index is 11.6. The van der Waals surface area contributed by atoms with Crippen molar-refractivity contribution in [2.45, 2.75) is 26.7 Å². The van der Waals surface area contributed by atoms with Crippen molar-refractivity contribution in [2.75, 3.05) is 5.43 Å². The Morgan fingerprint density at radius 3 is 2.60 bits per heavy atom. The van der Waals surface area contributed by atoms with Gasteiger partial charge in [-0.2, -0.15) is 0 Å². The fourth-order valence-corrected chi connectivity index (χ4v) is 2.00. The van der Waals surface area contributed by atoms with E-state index in [-0.39, 0.29) is 5.91 Å². The van der Waals surface area contributed by atoms with Crippen LogP contribution in [0.4, 0.5) is 0 Å². The summed E-state index contributed by atoms with van der Waals surface area (Å²) in [6.07, 6.45) is 3.01. The molecule has 5 heteroatoms. The van der Waals surface area contributed by atoms with Crippen LogP contribution in [0.3, 0.4) is 0 Å². The summed E-state index contributed by atoms with van der Waals surface area (Å²) in [6, 6.07) is 9.92. The molecule has 1 N–H and O–H groups in total. The second kappa shape index (κ2) is 6.43. The largest absolute Gasteiger partial charge is 0.273 e. The molecule has 0 fully saturated rings. The van der Waals surface area contributed by atoms with Gasteiger partial charge in [0, 0.05) is 18.2 Å². The average molecular weight is 287 g/mol. The summed E-state index contributed by atoms with van der Waals surface area (Å²) in [5.74, 6) is -0.0616. The van der Waals surface area contributed by atoms with E-state index < -0.39 is 0 Å². The molecule has 1 aromatic heterocycles. The summed E-state index contributed by atoms with van der Waals surface area (Å²) in [5, 5.41) is 0. The number of amides is 1. The summed E-state index contributed by atoms with van der Waals surface area (Å²) in [5.41, 5.74) is 5.72. The van der Waals surface area contributed by atoms with Crippen molar-refractivity contribution in [3.8, 4) is 11.3 Å². The molecule has 2 aromatic rings. The Bertz CT molecular complexity index is 662. The number of nitrogens with one attached hydrogen (secondary N) is 1. The quantitative estimate of drug-likeness (QED) is 0.876. The van der Waals surface area contributed by atoms with Crippen molar-refractivity contribution in [2.24, 2.45) is 0 Å². The van der Waals surface area contributed by atoms with Crippen LogP contribution in [0.1, 0.15) is 25.3 Å². The Balaban J connectivity index is 2.23. The van der Waals surface area contributed by atoms with Gasteiger partial charge in [0.2, 0.25) is 10.7 Å². The van der Waals surface area contributed by atoms with Crippen LogP contribution in [0.5, 0.6) is 0 Å². The van der Waals surface area contributed by atoms with E-state index >= 15 is 0 Å². The van der Waals surface area contributed by atoms with Crippen molar-refractivity contribution in [3.63, 3.8) is 0 Å². The molecule has 2 rings (SSSR count). The highest BCUT2D eigenvalue weighted by Gasteiger charge is 2.03. The van der Waals surface area contributed by atoms with E-state index in [1.807, 2.05) is 44.2 Å². The zero-order valence-electron chi connectivity index (χ0n) is 11.6. The number of hydrogen-bond acceptors (Lipinski definition) is 3. The Morgan fingerprint density at radius 1 is 1.30 bits per heavy atom. The van der Waals surface area contributed by atoms with Crippen molar-refractivity contribution in [3.05, 3.63) is 46.9 Å². The van der Waals surface area contributed by atoms with Crippen molar-refractivity contribution >= 4 is 18.1 Å². The number of nitrogens with zero attached hydrogens (tertiary/aromatic N) is 2. The minimum absolute atomic E-state index is 0.0616. The summed E-state index contributed by atoms with van der Waals surface area (Å²) in [4.78, 5) is 15.9. The number of hydrogen-bond donors (Lipinski definition) is 1. The molecular formula is C15H17N3OS. The van der Waals surface area contributed by atoms with E-state index in [9.17, 15) is 4.79 Å². The molecule has 0 aliphatic rings. The maximum Gasteiger partial charge on any atom is 0.238 e. The van der Waals surface area contributed by atoms with Crippen LogP contribution in [0, 0.1) is 11.7 Å². The predicted octanol–water partition coefficient (Wildman–Crippen LogP) is 3.46. The Hall–Kier alpha value is -2.01. The smallest absolute Gasteiger partial charge is 0.238 e. The highest BCUT2D eigenvalue weighted by atomic mass is 32.1.